The van der Waals surface area contributed by atoms with E-state index in [1.54, 1.807) is 29.1 Å². The number of carboxylic acid groups (broad SMARTS) is 1. The number of H-pyrrole nitrogens is 1. The summed E-state index contributed by atoms with van der Waals surface area (Å²) in [5, 5.41) is 14.0. The molecule has 3 aliphatic carbocycles. The summed E-state index contributed by atoms with van der Waals surface area (Å²) in [6.45, 7) is 0. The van der Waals surface area contributed by atoms with Crippen LogP contribution in [-0.4, -0.2) is 36.6 Å². The molecule has 7 rings (SSSR count). The molecule has 1 aromatic carbocycles. The van der Waals surface area contributed by atoms with Crippen LogP contribution in [0, 0.1) is 29.4 Å². The third-order valence-electron chi connectivity index (χ3n) is 7.38. The van der Waals surface area contributed by atoms with Gasteiger partial charge in [0.25, 0.3) is 0 Å². The Kier molecular flexibility index (Phi) is 4.86. The van der Waals surface area contributed by atoms with Crippen LogP contribution in [0.3, 0.4) is 0 Å². The van der Waals surface area contributed by atoms with Crippen molar-refractivity contribution in [2.75, 3.05) is 5.32 Å². The van der Waals surface area contributed by atoms with Crippen LogP contribution in [0.1, 0.15) is 25.7 Å². The second kappa shape index (κ2) is 7.93. The minimum absolute atomic E-state index is 0.149. The van der Waals surface area contributed by atoms with E-state index in [1.165, 1.54) is 18.2 Å². The number of benzene rings is 1. The van der Waals surface area contributed by atoms with Crippen molar-refractivity contribution in [2.45, 2.75) is 31.7 Å². The van der Waals surface area contributed by atoms with Gasteiger partial charge >= 0.3 is 5.97 Å². The van der Waals surface area contributed by atoms with Crippen molar-refractivity contribution in [1.82, 2.24) is 19.5 Å². The highest BCUT2D eigenvalue weighted by molar-refractivity contribution is 5.92. The number of nitrogens with one attached hydrogen (secondary N) is 2. The van der Waals surface area contributed by atoms with Crippen LogP contribution in [0.2, 0.25) is 0 Å². The molecule has 3 fully saturated rings. The van der Waals surface area contributed by atoms with Crippen molar-refractivity contribution in [3.05, 3.63) is 60.6 Å². The first-order valence-corrected chi connectivity index (χ1v) is 11.5. The topological polar surface area (TPSA) is 95.8 Å². The van der Waals surface area contributed by atoms with Crippen LogP contribution >= 0.6 is 0 Å². The van der Waals surface area contributed by atoms with Crippen molar-refractivity contribution < 1.29 is 18.7 Å². The predicted octanol–water partition coefficient (Wildman–Crippen LogP) is 5.00. The van der Waals surface area contributed by atoms with Crippen molar-refractivity contribution in [3.63, 3.8) is 0 Å². The number of hydrogen-bond acceptors (Lipinski definition) is 4. The summed E-state index contributed by atoms with van der Waals surface area (Å²) in [6, 6.07) is 7.17. The number of imidazole rings is 1. The number of anilines is 1. The van der Waals surface area contributed by atoms with Gasteiger partial charge in [0.15, 0.2) is 0 Å². The summed E-state index contributed by atoms with van der Waals surface area (Å²) in [7, 11) is 0. The Labute approximate surface area is 193 Å². The second-order valence-electron chi connectivity index (χ2n) is 9.26. The van der Waals surface area contributed by atoms with Crippen LogP contribution in [0.5, 0.6) is 0 Å². The zero-order chi connectivity index (χ0) is 23.4. The number of aromatic nitrogens is 4. The number of aromatic amines is 1. The number of rotatable bonds is 5. The van der Waals surface area contributed by atoms with Gasteiger partial charge in [-0.25, -0.2) is 18.7 Å². The quantitative estimate of drug-likeness (QED) is 0.387. The van der Waals surface area contributed by atoms with E-state index in [0.717, 1.165) is 31.9 Å². The molecule has 174 valence electrons. The molecule has 0 spiro atoms. The number of hydrogen-bond donors (Lipinski definition) is 3. The van der Waals surface area contributed by atoms with Crippen molar-refractivity contribution in [3.8, 4) is 16.9 Å². The van der Waals surface area contributed by atoms with Gasteiger partial charge in [-0.1, -0.05) is 0 Å². The van der Waals surface area contributed by atoms with Gasteiger partial charge in [-0.3, -0.25) is 9.36 Å². The largest absolute Gasteiger partial charge is 0.481 e. The second-order valence-corrected chi connectivity index (χ2v) is 9.26. The molecule has 2 atom stereocenters. The van der Waals surface area contributed by atoms with Crippen molar-refractivity contribution in [1.29, 1.82) is 0 Å². The van der Waals surface area contributed by atoms with Crippen LogP contribution in [0.25, 0.3) is 28.0 Å². The third kappa shape index (κ3) is 3.43. The average molecular weight is 463 g/mol. The van der Waals surface area contributed by atoms with E-state index >= 15 is 0 Å². The highest BCUT2D eigenvalue weighted by Gasteiger charge is 2.47. The van der Waals surface area contributed by atoms with Gasteiger partial charge in [-0.2, -0.15) is 0 Å². The molecule has 3 aliphatic rings. The van der Waals surface area contributed by atoms with E-state index < -0.39 is 17.7 Å². The molecule has 3 aromatic heterocycles. The summed E-state index contributed by atoms with van der Waals surface area (Å²) in [4.78, 5) is 24.1. The molecule has 0 saturated heterocycles. The highest BCUT2D eigenvalue weighted by Crippen LogP contribution is 2.46. The first-order valence-electron chi connectivity index (χ1n) is 11.5. The number of halogens is 2. The van der Waals surface area contributed by atoms with Gasteiger partial charge in [0, 0.05) is 35.1 Å². The molecular formula is C25H23F2N5O2. The molecule has 0 amide bonds. The molecule has 3 heterocycles. The van der Waals surface area contributed by atoms with Crippen molar-refractivity contribution >= 4 is 23.0 Å². The van der Waals surface area contributed by atoms with E-state index in [4.69, 9.17) is 4.98 Å². The van der Waals surface area contributed by atoms with Gasteiger partial charge in [0.2, 0.25) is 5.95 Å². The number of nitrogens with zero attached hydrogens (tertiary/aromatic N) is 3. The molecule has 34 heavy (non-hydrogen) atoms. The Balaban J connectivity index is 1.45. The maximum atomic E-state index is 13.9. The summed E-state index contributed by atoms with van der Waals surface area (Å²) >= 11 is 0. The van der Waals surface area contributed by atoms with Gasteiger partial charge in [0.05, 0.1) is 17.8 Å². The van der Waals surface area contributed by atoms with E-state index in [2.05, 4.69) is 15.3 Å². The lowest BCUT2D eigenvalue weighted by atomic mass is 9.61. The number of aliphatic carboxylic acids is 1. The smallest absolute Gasteiger partial charge is 0.308 e. The van der Waals surface area contributed by atoms with Crippen LogP contribution < -0.4 is 5.32 Å². The fraction of sp³-hybridized carbons (Fsp3) is 0.320. The minimum Gasteiger partial charge on any atom is -0.481 e. The van der Waals surface area contributed by atoms with Gasteiger partial charge < -0.3 is 15.4 Å². The lowest BCUT2D eigenvalue weighted by Crippen LogP contribution is -2.51. The average Bonchev–Trinajstić information content (AvgIpc) is 3.44. The molecule has 1 unspecified atom stereocenters. The molecule has 2 bridgehead atoms. The number of carbonyl (C=O) groups is 1. The Morgan fingerprint density at radius 3 is 2.56 bits per heavy atom. The normalized spacial score (nSPS) is 23.9. The zero-order valence-electron chi connectivity index (χ0n) is 18.2. The lowest BCUT2D eigenvalue weighted by molar-refractivity contribution is -0.148. The van der Waals surface area contributed by atoms with Crippen LogP contribution in [0.4, 0.5) is 14.7 Å². The fourth-order valence-corrected chi connectivity index (χ4v) is 5.76. The first kappa shape index (κ1) is 20.8. The van der Waals surface area contributed by atoms with Gasteiger partial charge in [-0.15, -0.1) is 0 Å². The molecule has 3 saturated carbocycles. The van der Waals surface area contributed by atoms with E-state index in [-0.39, 0.29) is 23.7 Å². The zero-order valence-corrected chi connectivity index (χ0v) is 18.2. The van der Waals surface area contributed by atoms with Crippen LogP contribution in [0.15, 0.2) is 48.9 Å². The Hall–Kier alpha value is -3.75. The summed E-state index contributed by atoms with van der Waals surface area (Å²) in [6.07, 6.45) is 8.52. The Morgan fingerprint density at radius 1 is 1.09 bits per heavy atom. The molecule has 7 nitrogen and oxygen atoms in total. The third-order valence-corrected chi connectivity index (χ3v) is 7.38. The molecule has 9 heteroatoms. The number of fused-ring (bicyclic) bond motifs is 4. The summed E-state index contributed by atoms with van der Waals surface area (Å²) in [5.41, 5.74) is 2.46. The van der Waals surface area contributed by atoms with Crippen molar-refractivity contribution in [2.24, 2.45) is 17.8 Å². The molecule has 4 aromatic rings. The van der Waals surface area contributed by atoms with Gasteiger partial charge in [0.1, 0.15) is 17.3 Å². The summed E-state index contributed by atoms with van der Waals surface area (Å²) < 4.78 is 29.3. The standard InChI is InChI=1S/C25H23F2N5O2/c26-15-5-7-17(8-6-15)32-12-20(19-11-29-23-18(19)9-16(27)10-28-23)30-25(32)31-22-14-3-1-13(2-4-14)21(22)24(33)34/h5-14,21-22H,1-4H2,(H,28,29)(H,30,31)(H,33,34)/t13-,14+,21-,22?/m0/s1. The molecular weight excluding hydrogens is 440 g/mol. The minimum atomic E-state index is -0.787. The SMILES string of the molecule is O=C(O)[C@@H]1C(Nc2nc(-c3c[nH]c4ncc(F)cc34)cn2-c2ccc(F)cc2)[C@H]2CC[C@@H]1CC2. The molecule has 0 radical (unpaired) electrons. The van der Waals surface area contributed by atoms with Crippen LogP contribution in [-0.2, 0) is 4.79 Å². The summed E-state index contributed by atoms with van der Waals surface area (Å²) in [5.74, 6) is -1.20. The fourth-order valence-electron chi connectivity index (χ4n) is 5.76. The molecule has 3 N–H and O–H groups in total. The molecule has 0 aliphatic heterocycles. The monoisotopic (exact) mass is 463 g/mol. The number of pyridine rings is 1. The van der Waals surface area contributed by atoms with E-state index in [0.29, 0.717) is 33.9 Å². The maximum absolute atomic E-state index is 13.9. The van der Waals surface area contributed by atoms with E-state index in [9.17, 15) is 18.7 Å². The predicted molar refractivity (Wildman–Crippen MR) is 123 cm³/mol. The number of carboxylic acids is 1. The van der Waals surface area contributed by atoms with Gasteiger partial charge in [-0.05, 0) is 67.9 Å². The lowest BCUT2D eigenvalue weighted by Gasteiger charge is -2.47. The first-order chi connectivity index (χ1) is 16.5. The Bertz CT molecular complexity index is 1370. The Morgan fingerprint density at radius 2 is 1.82 bits per heavy atom. The highest BCUT2D eigenvalue weighted by atomic mass is 19.1. The maximum Gasteiger partial charge on any atom is 0.308 e. The van der Waals surface area contributed by atoms with E-state index in [1.807, 2.05) is 0 Å².